The molecule has 2 aromatic rings. The number of aliphatic imine (C=N–C) groups is 1. The summed E-state index contributed by atoms with van der Waals surface area (Å²) >= 11 is 0. The van der Waals surface area contributed by atoms with Crippen LogP contribution in [0, 0.1) is 5.92 Å². The van der Waals surface area contributed by atoms with Crippen LogP contribution in [0.3, 0.4) is 0 Å². The van der Waals surface area contributed by atoms with Crippen LogP contribution in [0.2, 0.25) is 0 Å². The van der Waals surface area contributed by atoms with Gasteiger partial charge in [0.25, 0.3) is 0 Å². The summed E-state index contributed by atoms with van der Waals surface area (Å²) in [4.78, 5) is 20.0. The number of rotatable bonds is 2. The van der Waals surface area contributed by atoms with E-state index >= 15 is 0 Å². The average molecular weight is 409 g/mol. The summed E-state index contributed by atoms with van der Waals surface area (Å²) < 4.78 is 0. The van der Waals surface area contributed by atoms with Crippen LogP contribution in [-0.4, -0.2) is 27.2 Å². The van der Waals surface area contributed by atoms with E-state index in [-0.39, 0.29) is 23.1 Å². The molecule has 2 aromatic carbocycles. The van der Waals surface area contributed by atoms with Crippen LogP contribution in [0.5, 0.6) is 5.75 Å². The molecule has 4 nitrogen and oxygen atoms in total. The number of ketones is 1. The highest BCUT2D eigenvalue weighted by Gasteiger charge is 2.56. The Balaban J connectivity index is 1.60. The minimum atomic E-state index is -0.378. The lowest BCUT2D eigenvalue weighted by Gasteiger charge is -2.53. The molecule has 0 saturated heterocycles. The number of aromatic hydroxyl groups is 1. The largest absolute Gasteiger partial charge is 0.508 e. The van der Waals surface area contributed by atoms with Gasteiger partial charge in [-0.05, 0) is 54.7 Å². The Morgan fingerprint density at radius 2 is 1.77 bits per heavy atom. The highest BCUT2D eigenvalue weighted by Crippen LogP contribution is 2.57. The quantitative estimate of drug-likeness (QED) is 0.695. The molecule has 0 radical (unpaired) electrons. The molecular weight excluding hydrogens is 384 g/mol. The van der Waals surface area contributed by atoms with E-state index in [4.69, 9.17) is 4.99 Å². The van der Waals surface area contributed by atoms with Crippen molar-refractivity contribution in [1.82, 2.24) is 4.90 Å². The van der Waals surface area contributed by atoms with Gasteiger partial charge in [-0.2, -0.15) is 0 Å². The summed E-state index contributed by atoms with van der Waals surface area (Å²) in [7, 11) is 0. The van der Waals surface area contributed by atoms with Crippen LogP contribution in [0.4, 0.5) is 0 Å². The minimum absolute atomic E-state index is 0.0198. The van der Waals surface area contributed by atoms with Crippen molar-refractivity contribution >= 4 is 17.2 Å². The van der Waals surface area contributed by atoms with Gasteiger partial charge in [0.1, 0.15) is 11.4 Å². The maximum absolute atomic E-state index is 12.3. The van der Waals surface area contributed by atoms with Gasteiger partial charge in [-0.25, -0.2) is 0 Å². The predicted molar refractivity (Wildman–Crippen MR) is 121 cm³/mol. The van der Waals surface area contributed by atoms with Crippen molar-refractivity contribution in [3.8, 4) is 5.75 Å². The monoisotopic (exact) mass is 408 g/mol. The third-order valence-electron chi connectivity index (χ3n) is 7.15. The van der Waals surface area contributed by atoms with E-state index in [1.165, 1.54) is 12.0 Å². The first-order chi connectivity index (χ1) is 15.2. The van der Waals surface area contributed by atoms with Crippen LogP contribution < -0.4 is 0 Å². The molecule has 2 aliphatic heterocycles. The van der Waals surface area contributed by atoms with Gasteiger partial charge in [-0.3, -0.25) is 9.79 Å². The lowest BCUT2D eigenvalue weighted by molar-refractivity contribution is -0.110. The van der Waals surface area contributed by atoms with Crippen LogP contribution in [0.1, 0.15) is 42.7 Å². The number of benzene rings is 2. The number of hydrogen-bond donors (Lipinski definition) is 1. The number of carbonyl (C=O) groups excluding carboxylic acids is 1. The first-order valence-electron chi connectivity index (χ1n) is 11.1. The van der Waals surface area contributed by atoms with E-state index in [0.29, 0.717) is 5.92 Å². The summed E-state index contributed by atoms with van der Waals surface area (Å²) in [5.74, 6) is 0.803. The number of fused-ring (bicyclic) bond motifs is 2. The zero-order valence-electron chi connectivity index (χ0n) is 17.2. The first kappa shape index (κ1) is 18.4. The van der Waals surface area contributed by atoms with E-state index < -0.39 is 0 Å². The standard InChI is InChI=1S/C27H24N2O2/c30-20-11-9-18(10-12-20)22-17-25(19-6-2-1-3-7-19)29-26-16-21(31)13-14-24(26)28-27(29)15-5-4-8-23(22)27/h1-3,6-7,9-14,16-17,22-23,30H,4-5,8,15H2/t22?,23?,27-/m0/s1. The fourth-order valence-corrected chi connectivity index (χ4v) is 5.85. The highest BCUT2D eigenvalue weighted by atomic mass is 16.3. The summed E-state index contributed by atoms with van der Waals surface area (Å²) in [6.07, 6.45) is 12.0. The summed E-state index contributed by atoms with van der Waals surface area (Å²) in [6.45, 7) is 0. The van der Waals surface area contributed by atoms with E-state index in [0.717, 1.165) is 41.9 Å². The van der Waals surface area contributed by atoms with Gasteiger partial charge in [0.05, 0.1) is 11.4 Å². The zero-order chi connectivity index (χ0) is 21.0. The smallest absolute Gasteiger partial charge is 0.180 e. The number of carbonyl (C=O) groups is 1. The van der Waals surface area contributed by atoms with Gasteiger partial charge in [0, 0.05) is 23.6 Å². The number of hydrogen-bond acceptors (Lipinski definition) is 4. The molecular formula is C27H24N2O2. The Morgan fingerprint density at radius 1 is 0.968 bits per heavy atom. The Morgan fingerprint density at radius 3 is 2.58 bits per heavy atom. The molecule has 2 aliphatic carbocycles. The van der Waals surface area contributed by atoms with E-state index in [1.807, 2.05) is 24.3 Å². The van der Waals surface area contributed by atoms with Gasteiger partial charge >= 0.3 is 0 Å². The molecule has 6 rings (SSSR count). The normalized spacial score (nSPS) is 28.8. The molecule has 0 amide bonds. The minimum Gasteiger partial charge on any atom is -0.508 e. The summed E-state index contributed by atoms with van der Waals surface area (Å²) in [6, 6.07) is 18.0. The lowest BCUT2D eigenvalue weighted by Crippen LogP contribution is -2.54. The fourth-order valence-electron chi connectivity index (χ4n) is 5.85. The molecule has 2 heterocycles. The third-order valence-corrected chi connectivity index (χ3v) is 7.15. The number of allylic oxidation sites excluding steroid dienone is 4. The second-order valence-electron chi connectivity index (χ2n) is 8.86. The van der Waals surface area contributed by atoms with E-state index in [2.05, 4.69) is 35.2 Å². The second-order valence-corrected chi connectivity index (χ2v) is 8.86. The van der Waals surface area contributed by atoms with Gasteiger partial charge in [-0.15, -0.1) is 0 Å². The second kappa shape index (κ2) is 6.81. The molecule has 1 saturated carbocycles. The molecule has 154 valence electrons. The van der Waals surface area contributed by atoms with Crippen molar-refractivity contribution in [2.45, 2.75) is 37.3 Å². The molecule has 4 aliphatic rings. The van der Waals surface area contributed by atoms with Crippen molar-refractivity contribution in [2.24, 2.45) is 10.9 Å². The average Bonchev–Trinajstić information content (AvgIpc) is 3.12. The van der Waals surface area contributed by atoms with Gasteiger partial charge in [-0.1, -0.05) is 55.0 Å². The van der Waals surface area contributed by atoms with Crippen molar-refractivity contribution in [3.63, 3.8) is 0 Å². The highest BCUT2D eigenvalue weighted by molar-refractivity contribution is 6.21. The molecule has 1 spiro atoms. The maximum atomic E-state index is 12.3. The van der Waals surface area contributed by atoms with Crippen LogP contribution in [0.25, 0.3) is 5.70 Å². The van der Waals surface area contributed by atoms with Gasteiger partial charge in [0.2, 0.25) is 0 Å². The number of nitrogens with zero attached hydrogens (tertiary/aromatic N) is 2. The fraction of sp³-hybridized carbons (Fsp3) is 0.259. The SMILES string of the molecule is O=C1C=CC2=N[C@]34CCCCC3C(c3ccc(O)cc3)C=C(c3ccccc3)N4C2=C1. The molecule has 1 fully saturated rings. The molecule has 31 heavy (non-hydrogen) atoms. The van der Waals surface area contributed by atoms with E-state index in [9.17, 15) is 9.90 Å². The molecule has 0 aromatic heterocycles. The van der Waals surface area contributed by atoms with Crippen LogP contribution >= 0.6 is 0 Å². The Hall–Kier alpha value is -3.40. The predicted octanol–water partition coefficient (Wildman–Crippen LogP) is 5.20. The Kier molecular flexibility index (Phi) is 4.04. The summed E-state index contributed by atoms with van der Waals surface area (Å²) in [5.41, 5.74) is 4.92. The topological polar surface area (TPSA) is 52.9 Å². The Labute approximate surface area is 181 Å². The van der Waals surface area contributed by atoms with E-state index in [1.54, 1.807) is 24.3 Å². The number of phenolic OH excluding ortho intramolecular Hbond substituents is 1. The molecule has 0 bridgehead atoms. The van der Waals surface area contributed by atoms with Gasteiger partial charge in [0.15, 0.2) is 5.78 Å². The van der Waals surface area contributed by atoms with Crippen molar-refractivity contribution in [3.05, 3.63) is 95.7 Å². The van der Waals surface area contributed by atoms with Crippen molar-refractivity contribution in [1.29, 1.82) is 0 Å². The molecule has 4 heteroatoms. The lowest BCUT2D eigenvalue weighted by atomic mass is 9.66. The Bertz CT molecular complexity index is 1170. The van der Waals surface area contributed by atoms with Crippen LogP contribution in [-0.2, 0) is 4.79 Å². The molecule has 1 N–H and O–H groups in total. The third kappa shape index (κ3) is 2.74. The molecule has 2 unspecified atom stereocenters. The number of phenols is 1. The van der Waals surface area contributed by atoms with Crippen LogP contribution in [0.15, 0.2) is 89.6 Å². The summed E-state index contributed by atoms with van der Waals surface area (Å²) in [5, 5.41) is 9.84. The maximum Gasteiger partial charge on any atom is 0.180 e. The van der Waals surface area contributed by atoms with Crippen molar-refractivity contribution < 1.29 is 9.90 Å². The van der Waals surface area contributed by atoms with Gasteiger partial charge < -0.3 is 10.0 Å². The van der Waals surface area contributed by atoms with Crippen molar-refractivity contribution in [2.75, 3.05) is 0 Å². The first-order valence-corrected chi connectivity index (χ1v) is 11.1. The zero-order valence-corrected chi connectivity index (χ0v) is 17.2. The molecule has 3 atom stereocenters.